The molecule has 1 fully saturated rings. The highest BCUT2D eigenvalue weighted by Crippen LogP contribution is 2.34. The fourth-order valence-corrected chi connectivity index (χ4v) is 4.41. The maximum Gasteiger partial charge on any atom is 0.243 e. The van der Waals surface area contributed by atoms with Gasteiger partial charge < -0.3 is 16.0 Å². The Kier molecular flexibility index (Phi) is 4.99. The first-order chi connectivity index (χ1) is 13.2. The van der Waals surface area contributed by atoms with Crippen molar-refractivity contribution < 1.29 is 4.79 Å². The van der Waals surface area contributed by atoms with Gasteiger partial charge in [-0.05, 0) is 67.6 Å². The molecule has 4 rings (SSSR count). The Labute approximate surface area is 161 Å². The zero-order chi connectivity index (χ0) is 18.7. The number of carbonyl (C=O) groups excluding carboxylic acids is 1. The van der Waals surface area contributed by atoms with E-state index in [0.29, 0.717) is 0 Å². The van der Waals surface area contributed by atoms with Crippen molar-refractivity contribution >= 4 is 17.7 Å². The van der Waals surface area contributed by atoms with Gasteiger partial charge in [0.2, 0.25) is 5.91 Å². The number of primary amides is 1. The van der Waals surface area contributed by atoms with Gasteiger partial charge in [0.1, 0.15) is 5.54 Å². The van der Waals surface area contributed by atoms with E-state index in [2.05, 4.69) is 52.7 Å². The molecule has 140 valence electrons. The zero-order valence-corrected chi connectivity index (χ0v) is 15.7. The van der Waals surface area contributed by atoms with Crippen molar-refractivity contribution in [1.29, 1.82) is 0 Å². The summed E-state index contributed by atoms with van der Waals surface area (Å²) in [5.74, 6) is -0.218. The molecule has 2 aromatic rings. The Bertz CT molecular complexity index is 838. The van der Waals surface area contributed by atoms with Crippen molar-refractivity contribution in [3.8, 4) is 0 Å². The lowest BCUT2D eigenvalue weighted by Gasteiger charge is -2.46. The zero-order valence-electron chi connectivity index (χ0n) is 15.7. The normalized spacial score (nSPS) is 18.3. The van der Waals surface area contributed by atoms with Gasteiger partial charge in [0.25, 0.3) is 0 Å². The average molecular weight is 361 g/mol. The lowest BCUT2D eigenvalue weighted by Crippen LogP contribution is -2.62. The second-order valence-electron chi connectivity index (χ2n) is 7.57. The SMILES string of the molecule is NC(=O)C1(N(CC2=Cc3ccccc3CC2)c2ccccc2)CCNCC1. The number of piperidine rings is 1. The number of hydrogen-bond acceptors (Lipinski definition) is 3. The summed E-state index contributed by atoms with van der Waals surface area (Å²) in [5.41, 5.74) is 10.5. The summed E-state index contributed by atoms with van der Waals surface area (Å²) in [5, 5.41) is 3.37. The van der Waals surface area contributed by atoms with Gasteiger partial charge in [0.15, 0.2) is 0 Å². The Morgan fingerprint density at radius 3 is 2.44 bits per heavy atom. The molecule has 0 unspecified atom stereocenters. The van der Waals surface area contributed by atoms with Crippen molar-refractivity contribution in [3.05, 3.63) is 71.3 Å². The number of rotatable bonds is 5. The molecule has 3 N–H and O–H groups in total. The van der Waals surface area contributed by atoms with Crippen LogP contribution in [0, 0.1) is 0 Å². The van der Waals surface area contributed by atoms with E-state index in [1.54, 1.807) is 0 Å². The molecule has 1 heterocycles. The van der Waals surface area contributed by atoms with Crippen LogP contribution in [0.4, 0.5) is 5.69 Å². The number of nitrogens with two attached hydrogens (primary N) is 1. The highest BCUT2D eigenvalue weighted by atomic mass is 16.1. The predicted molar refractivity (Wildman–Crippen MR) is 111 cm³/mol. The standard InChI is InChI=1S/C23H27N3O/c24-22(27)23(12-14-25-15-13-23)26(21-8-2-1-3-9-21)17-18-10-11-19-6-4-5-7-20(19)16-18/h1-9,16,25H,10-15,17H2,(H2,24,27). The predicted octanol–water partition coefficient (Wildman–Crippen LogP) is 3.13. The summed E-state index contributed by atoms with van der Waals surface area (Å²) in [6.45, 7) is 2.36. The van der Waals surface area contributed by atoms with Crippen LogP contribution in [0.25, 0.3) is 6.08 Å². The molecular weight excluding hydrogens is 334 g/mol. The van der Waals surface area contributed by atoms with E-state index < -0.39 is 5.54 Å². The number of amides is 1. The number of fused-ring (bicyclic) bond motifs is 1. The van der Waals surface area contributed by atoms with Gasteiger partial charge in [-0.3, -0.25) is 4.79 Å². The smallest absolute Gasteiger partial charge is 0.243 e. The molecule has 1 aliphatic carbocycles. The minimum absolute atomic E-state index is 0.218. The second-order valence-corrected chi connectivity index (χ2v) is 7.57. The van der Waals surface area contributed by atoms with E-state index in [1.807, 2.05) is 18.2 Å². The largest absolute Gasteiger partial charge is 0.368 e. The van der Waals surface area contributed by atoms with Crippen molar-refractivity contribution in [1.82, 2.24) is 5.32 Å². The molecule has 4 nitrogen and oxygen atoms in total. The molecule has 2 aromatic carbocycles. The third-order valence-electron chi connectivity index (χ3n) is 5.97. The average Bonchev–Trinajstić information content (AvgIpc) is 2.73. The Morgan fingerprint density at radius 1 is 1.00 bits per heavy atom. The Morgan fingerprint density at radius 2 is 1.70 bits per heavy atom. The van der Waals surface area contributed by atoms with Gasteiger partial charge in [-0.2, -0.15) is 0 Å². The van der Waals surface area contributed by atoms with Crippen LogP contribution in [0.2, 0.25) is 0 Å². The van der Waals surface area contributed by atoms with Crippen LogP contribution in [0.1, 0.15) is 30.4 Å². The maximum absolute atomic E-state index is 12.7. The van der Waals surface area contributed by atoms with Gasteiger partial charge in [-0.15, -0.1) is 0 Å². The van der Waals surface area contributed by atoms with Crippen LogP contribution in [-0.4, -0.2) is 31.1 Å². The summed E-state index contributed by atoms with van der Waals surface area (Å²) >= 11 is 0. The summed E-state index contributed by atoms with van der Waals surface area (Å²) < 4.78 is 0. The minimum Gasteiger partial charge on any atom is -0.368 e. The van der Waals surface area contributed by atoms with E-state index in [9.17, 15) is 4.79 Å². The van der Waals surface area contributed by atoms with Gasteiger partial charge in [-0.25, -0.2) is 0 Å². The topological polar surface area (TPSA) is 58.4 Å². The maximum atomic E-state index is 12.7. The first-order valence-corrected chi connectivity index (χ1v) is 9.80. The van der Waals surface area contributed by atoms with Crippen molar-refractivity contribution in [2.75, 3.05) is 24.5 Å². The van der Waals surface area contributed by atoms with Crippen molar-refractivity contribution in [2.24, 2.45) is 5.73 Å². The van der Waals surface area contributed by atoms with E-state index in [0.717, 1.165) is 51.0 Å². The molecule has 1 aliphatic heterocycles. The highest BCUT2D eigenvalue weighted by Gasteiger charge is 2.43. The molecule has 2 aliphatic rings. The monoisotopic (exact) mass is 361 g/mol. The van der Waals surface area contributed by atoms with E-state index >= 15 is 0 Å². The number of anilines is 1. The van der Waals surface area contributed by atoms with E-state index in [1.165, 1.54) is 16.7 Å². The Balaban J connectivity index is 1.71. The van der Waals surface area contributed by atoms with Crippen molar-refractivity contribution in [2.45, 2.75) is 31.2 Å². The molecular formula is C23H27N3O. The molecule has 0 aromatic heterocycles. The van der Waals surface area contributed by atoms with Gasteiger partial charge in [-0.1, -0.05) is 48.5 Å². The number of benzene rings is 2. The number of nitrogens with zero attached hydrogens (tertiary/aromatic N) is 1. The molecule has 0 radical (unpaired) electrons. The first kappa shape index (κ1) is 17.8. The number of carbonyl (C=O) groups is 1. The molecule has 1 amide bonds. The van der Waals surface area contributed by atoms with Crippen LogP contribution in [-0.2, 0) is 11.2 Å². The first-order valence-electron chi connectivity index (χ1n) is 9.80. The number of aryl methyl sites for hydroxylation is 1. The molecule has 4 heteroatoms. The van der Waals surface area contributed by atoms with Crippen LogP contribution in [0.5, 0.6) is 0 Å². The Hall–Kier alpha value is -2.59. The van der Waals surface area contributed by atoms with Crippen LogP contribution >= 0.6 is 0 Å². The third kappa shape index (κ3) is 3.50. The number of para-hydroxylation sites is 1. The van der Waals surface area contributed by atoms with Crippen LogP contribution in [0.15, 0.2) is 60.2 Å². The molecule has 0 bridgehead atoms. The summed E-state index contributed by atoms with van der Waals surface area (Å²) in [7, 11) is 0. The lowest BCUT2D eigenvalue weighted by molar-refractivity contribution is -0.124. The van der Waals surface area contributed by atoms with Crippen LogP contribution in [0.3, 0.4) is 0 Å². The third-order valence-corrected chi connectivity index (χ3v) is 5.97. The lowest BCUT2D eigenvalue weighted by atomic mass is 9.83. The summed E-state index contributed by atoms with van der Waals surface area (Å²) in [6.07, 6.45) is 5.84. The van der Waals surface area contributed by atoms with Crippen LogP contribution < -0.4 is 16.0 Å². The second kappa shape index (κ2) is 7.57. The molecule has 1 saturated heterocycles. The summed E-state index contributed by atoms with van der Waals surface area (Å²) in [4.78, 5) is 14.9. The van der Waals surface area contributed by atoms with Crippen molar-refractivity contribution in [3.63, 3.8) is 0 Å². The van der Waals surface area contributed by atoms with E-state index in [-0.39, 0.29) is 5.91 Å². The minimum atomic E-state index is -0.635. The van der Waals surface area contributed by atoms with Gasteiger partial charge in [0.05, 0.1) is 0 Å². The fraction of sp³-hybridized carbons (Fsp3) is 0.348. The highest BCUT2D eigenvalue weighted by molar-refractivity contribution is 5.89. The number of nitrogens with one attached hydrogen (secondary N) is 1. The molecule has 27 heavy (non-hydrogen) atoms. The summed E-state index contributed by atoms with van der Waals surface area (Å²) in [6, 6.07) is 18.8. The fourth-order valence-electron chi connectivity index (χ4n) is 4.41. The quantitative estimate of drug-likeness (QED) is 0.860. The van der Waals surface area contributed by atoms with E-state index in [4.69, 9.17) is 5.73 Å². The van der Waals surface area contributed by atoms with Gasteiger partial charge in [0, 0.05) is 12.2 Å². The molecule has 0 saturated carbocycles. The number of hydrogen-bond donors (Lipinski definition) is 2. The van der Waals surface area contributed by atoms with Gasteiger partial charge >= 0.3 is 0 Å². The molecule has 0 spiro atoms. The molecule has 0 atom stereocenters.